The van der Waals surface area contributed by atoms with E-state index in [9.17, 15) is 15.3 Å². The minimum Gasteiger partial charge on any atom is -0.393 e. The molecule has 166 valence electrons. The van der Waals surface area contributed by atoms with E-state index >= 15 is 0 Å². The van der Waals surface area contributed by atoms with Crippen LogP contribution in [0.2, 0.25) is 0 Å². The van der Waals surface area contributed by atoms with Gasteiger partial charge in [0.05, 0.1) is 18.3 Å². The van der Waals surface area contributed by atoms with Crippen molar-refractivity contribution in [3.8, 4) is 0 Å². The molecule has 0 bridgehead atoms. The van der Waals surface area contributed by atoms with Crippen LogP contribution in [0.4, 0.5) is 0 Å². The molecule has 7 atom stereocenters. The summed E-state index contributed by atoms with van der Waals surface area (Å²) in [5.74, 6) is 0.642. The molecule has 3 nitrogen and oxygen atoms in total. The van der Waals surface area contributed by atoms with Crippen LogP contribution < -0.4 is 0 Å². The molecule has 0 aromatic carbocycles. The van der Waals surface area contributed by atoms with Crippen molar-refractivity contribution < 1.29 is 15.3 Å². The number of hydrogen-bond acceptors (Lipinski definition) is 3. The second kappa shape index (κ2) is 7.76. The molecule has 4 aliphatic rings. The number of aliphatic hydroxyl groups excluding tert-OH is 3. The van der Waals surface area contributed by atoms with Crippen molar-refractivity contribution in [3.63, 3.8) is 0 Å². The molecule has 3 N–H and O–H groups in total. The summed E-state index contributed by atoms with van der Waals surface area (Å²) in [6.45, 7) is 10.6. The van der Waals surface area contributed by atoms with Gasteiger partial charge in [0.25, 0.3) is 0 Å². The molecule has 7 unspecified atom stereocenters. The Morgan fingerprint density at radius 1 is 1.13 bits per heavy atom. The van der Waals surface area contributed by atoms with Gasteiger partial charge in [-0.1, -0.05) is 55.9 Å². The quantitative estimate of drug-likeness (QED) is 0.554. The Labute approximate surface area is 182 Å². The van der Waals surface area contributed by atoms with Crippen LogP contribution in [0.3, 0.4) is 0 Å². The highest BCUT2D eigenvalue weighted by Crippen LogP contribution is 2.82. The number of allylic oxidation sites excluding steroid dienone is 4. The zero-order chi connectivity index (χ0) is 21.7. The zero-order valence-electron chi connectivity index (χ0n) is 19.0. The molecule has 0 radical (unpaired) electrons. The number of fused-ring (bicyclic) bond motifs is 2. The molecule has 1 spiro atoms. The maximum Gasteiger partial charge on any atom is 0.0809 e. The summed E-state index contributed by atoms with van der Waals surface area (Å²) in [4.78, 5) is 0. The maximum absolute atomic E-state index is 10.1. The summed E-state index contributed by atoms with van der Waals surface area (Å²) in [5.41, 5.74) is 4.28. The summed E-state index contributed by atoms with van der Waals surface area (Å²) in [7, 11) is 0. The largest absolute Gasteiger partial charge is 0.393 e. The summed E-state index contributed by atoms with van der Waals surface area (Å²) in [5, 5.41) is 29.9. The Balaban J connectivity index is 1.53. The second-order valence-corrected chi connectivity index (χ2v) is 11.1. The van der Waals surface area contributed by atoms with Crippen LogP contribution in [-0.4, -0.2) is 33.6 Å². The Bertz CT molecular complexity index is 774. The predicted octanol–water partition coefficient (Wildman–Crippen LogP) is 5.23. The summed E-state index contributed by atoms with van der Waals surface area (Å²) in [6.07, 6.45) is 17.1. The summed E-state index contributed by atoms with van der Waals surface area (Å²) < 4.78 is 0. The first-order chi connectivity index (χ1) is 14.1. The van der Waals surface area contributed by atoms with Gasteiger partial charge in [0.2, 0.25) is 0 Å². The molecule has 0 amide bonds. The number of rotatable bonds is 4. The molecule has 4 saturated carbocycles. The first-order valence-electron chi connectivity index (χ1n) is 11.9. The van der Waals surface area contributed by atoms with E-state index in [1.165, 1.54) is 38.5 Å². The van der Waals surface area contributed by atoms with E-state index in [1.54, 1.807) is 5.57 Å². The van der Waals surface area contributed by atoms with E-state index in [2.05, 4.69) is 44.7 Å². The fourth-order valence-corrected chi connectivity index (χ4v) is 7.35. The van der Waals surface area contributed by atoms with Crippen LogP contribution in [-0.2, 0) is 0 Å². The van der Waals surface area contributed by atoms with Gasteiger partial charge in [0.1, 0.15) is 0 Å². The van der Waals surface area contributed by atoms with Crippen LogP contribution in [0, 0.1) is 22.2 Å². The third-order valence-corrected chi connectivity index (χ3v) is 9.23. The van der Waals surface area contributed by atoms with Crippen LogP contribution in [0.1, 0.15) is 78.6 Å². The van der Waals surface area contributed by atoms with Crippen molar-refractivity contribution in [2.75, 3.05) is 0 Å². The van der Waals surface area contributed by atoms with Gasteiger partial charge in [-0.25, -0.2) is 0 Å². The fourth-order valence-electron chi connectivity index (χ4n) is 7.35. The van der Waals surface area contributed by atoms with Crippen molar-refractivity contribution in [2.24, 2.45) is 22.2 Å². The fraction of sp³-hybridized carbons (Fsp3) is 0.704. The van der Waals surface area contributed by atoms with Crippen molar-refractivity contribution in [3.05, 3.63) is 47.6 Å². The lowest BCUT2D eigenvalue weighted by Gasteiger charge is -2.44. The Morgan fingerprint density at radius 3 is 2.50 bits per heavy atom. The number of aliphatic hydroxyl groups is 3. The van der Waals surface area contributed by atoms with Gasteiger partial charge >= 0.3 is 0 Å². The van der Waals surface area contributed by atoms with Gasteiger partial charge in [-0.05, 0) is 92.4 Å². The molecular formula is C27H40O3. The van der Waals surface area contributed by atoms with Crippen LogP contribution in [0.5, 0.6) is 0 Å². The van der Waals surface area contributed by atoms with Crippen molar-refractivity contribution in [1.29, 1.82) is 0 Å². The lowest BCUT2D eigenvalue weighted by atomic mass is 9.60. The summed E-state index contributed by atoms with van der Waals surface area (Å²) >= 11 is 0. The van der Waals surface area contributed by atoms with Crippen LogP contribution in [0.25, 0.3) is 0 Å². The normalized spacial score (nSPS) is 45.9. The average molecular weight is 413 g/mol. The topological polar surface area (TPSA) is 60.7 Å². The van der Waals surface area contributed by atoms with Gasteiger partial charge in [-0.15, -0.1) is 0 Å². The van der Waals surface area contributed by atoms with Crippen LogP contribution >= 0.6 is 0 Å². The highest BCUT2D eigenvalue weighted by atomic mass is 16.3. The highest BCUT2D eigenvalue weighted by Gasteiger charge is 2.74. The second-order valence-electron chi connectivity index (χ2n) is 11.1. The lowest BCUT2D eigenvalue weighted by molar-refractivity contribution is 0.0966. The van der Waals surface area contributed by atoms with E-state index in [1.807, 2.05) is 6.92 Å². The smallest absolute Gasteiger partial charge is 0.0809 e. The van der Waals surface area contributed by atoms with Gasteiger partial charge in [-0.2, -0.15) is 0 Å². The van der Waals surface area contributed by atoms with Crippen molar-refractivity contribution in [2.45, 2.75) is 96.9 Å². The molecule has 0 aliphatic heterocycles. The molecule has 3 heteroatoms. The average Bonchev–Trinajstić information content (AvgIpc) is 3.16. The minimum atomic E-state index is -0.620. The van der Waals surface area contributed by atoms with Crippen LogP contribution in [0.15, 0.2) is 47.6 Å². The van der Waals surface area contributed by atoms with E-state index in [0.29, 0.717) is 35.2 Å². The summed E-state index contributed by atoms with van der Waals surface area (Å²) in [6, 6.07) is 0. The van der Waals surface area contributed by atoms with Gasteiger partial charge in [-0.3, -0.25) is 0 Å². The molecule has 4 aliphatic carbocycles. The third kappa shape index (κ3) is 3.47. The molecule has 0 aromatic rings. The Hall–Kier alpha value is -1.16. The first kappa shape index (κ1) is 22.0. The zero-order valence-corrected chi connectivity index (χ0v) is 19.0. The van der Waals surface area contributed by atoms with E-state index in [-0.39, 0.29) is 11.5 Å². The minimum absolute atomic E-state index is 0.266. The Morgan fingerprint density at radius 2 is 1.83 bits per heavy atom. The molecule has 0 heterocycles. The maximum atomic E-state index is 10.1. The predicted molar refractivity (Wildman–Crippen MR) is 122 cm³/mol. The third-order valence-electron chi connectivity index (χ3n) is 9.23. The van der Waals surface area contributed by atoms with Gasteiger partial charge < -0.3 is 15.3 Å². The lowest BCUT2D eigenvalue weighted by Crippen LogP contribution is -2.36. The van der Waals surface area contributed by atoms with Crippen molar-refractivity contribution >= 4 is 0 Å². The standard InChI is InChI=1S/C27H40O3/c1-18(28)7-5-12-25(3)17-27(25)14-11-22-21(8-6-13-26(22,27)4)10-9-20-15-23(29)19(2)24(30)16-20/h5,9-10,12,18,22-24,28-30H,2,6-8,11,13-17H2,1,3-4H3. The SMILES string of the molecule is C=C1C(O)CC(=CC=C2CCCC3(C)C2CCC32CC2(C)C=CCC(C)O)CC1O. The van der Waals surface area contributed by atoms with Gasteiger partial charge in [0.15, 0.2) is 0 Å². The Kier molecular flexibility index (Phi) is 5.70. The molecule has 4 rings (SSSR count). The van der Waals surface area contributed by atoms with E-state index in [4.69, 9.17) is 0 Å². The number of hydrogen-bond donors (Lipinski definition) is 3. The van der Waals surface area contributed by atoms with E-state index < -0.39 is 12.2 Å². The first-order valence-corrected chi connectivity index (χ1v) is 11.9. The van der Waals surface area contributed by atoms with Gasteiger partial charge in [0, 0.05) is 0 Å². The molecule has 30 heavy (non-hydrogen) atoms. The highest BCUT2D eigenvalue weighted by molar-refractivity contribution is 5.35. The van der Waals surface area contributed by atoms with E-state index in [0.717, 1.165) is 12.0 Å². The molecule has 0 saturated heterocycles. The molecular weight excluding hydrogens is 372 g/mol. The molecule has 0 aromatic heterocycles. The van der Waals surface area contributed by atoms with Crippen molar-refractivity contribution in [1.82, 2.24) is 0 Å². The molecule has 4 fully saturated rings. The monoisotopic (exact) mass is 412 g/mol.